The number of methoxy groups -OCH3 is 1. The summed E-state index contributed by atoms with van der Waals surface area (Å²) in [6.45, 7) is 4.00. The van der Waals surface area contributed by atoms with Gasteiger partial charge in [-0.15, -0.1) is 0 Å². The molecule has 7 heteroatoms. The molecule has 2 aromatic carbocycles. The molecule has 6 nitrogen and oxygen atoms in total. The Balaban J connectivity index is 1.38. The van der Waals surface area contributed by atoms with E-state index >= 15 is 0 Å². The third kappa shape index (κ3) is 4.99. The Bertz CT molecular complexity index is 912. The molecule has 2 fully saturated rings. The van der Waals surface area contributed by atoms with E-state index in [-0.39, 0.29) is 11.2 Å². The lowest BCUT2D eigenvalue weighted by molar-refractivity contribution is 0.0513. The van der Waals surface area contributed by atoms with Gasteiger partial charge < -0.3 is 25.0 Å². The van der Waals surface area contributed by atoms with E-state index in [1.54, 1.807) is 26.3 Å². The zero-order valence-electron chi connectivity index (χ0n) is 18.9. The van der Waals surface area contributed by atoms with Gasteiger partial charge in [-0.2, -0.15) is 0 Å². The van der Waals surface area contributed by atoms with Crippen molar-refractivity contribution in [1.82, 2.24) is 10.6 Å². The summed E-state index contributed by atoms with van der Waals surface area (Å²) in [5, 5.41) is 7.13. The predicted molar refractivity (Wildman–Crippen MR) is 126 cm³/mol. The van der Waals surface area contributed by atoms with Crippen LogP contribution in [-0.2, 0) is 10.2 Å². The van der Waals surface area contributed by atoms with Gasteiger partial charge in [-0.25, -0.2) is 4.39 Å². The average Bonchev–Trinajstić information content (AvgIpc) is 3.31. The minimum Gasteiger partial charge on any atom is -0.495 e. The predicted octanol–water partition coefficient (Wildman–Crippen LogP) is 3.33. The van der Waals surface area contributed by atoms with Crippen molar-refractivity contribution >= 4 is 11.6 Å². The van der Waals surface area contributed by atoms with Gasteiger partial charge in [-0.1, -0.05) is 24.3 Å². The average molecular weight is 441 g/mol. The van der Waals surface area contributed by atoms with Crippen molar-refractivity contribution in [2.75, 3.05) is 51.9 Å². The van der Waals surface area contributed by atoms with E-state index < -0.39 is 0 Å². The fourth-order valence-corrected chi connectivity index (χ4v) is 4.76. The van der Waals surface area contributed by atoms with Crippen molar-refractivity contribution in [2.24, 2.45) is 4.99 Å². The van der Waals surface area contributed by atoms with E-state index in [9.17, 15) is 4.39 Å². The fourth-order valence-electron chi connectivity index (χ4n) is 4.76. The van der Waals surface area contributed by atoms with Crippen LogP contribution in [0.3, 0.4) is 0 Å². The first-order valence-corrected chi connectivity index (χ1v) is 11.3. The highest BCUT2D eigenvalue weighted by Gasteiger charge is 2.35. The largest absolute Gasteiger partial charge is 0.495 e. The maximum Gasteiger partial charge on any atom is 0.191 e. The van der Waals surface area contributed by atoms with Gasteiger partial charge in [0.05, 0.1) is 12.8 Å². The summed E-state index contributed by atoms with van der Waals surface area (Å²) in [6, 6.07) is 15.3. The molecule has 2 aromatic rings. The number of halogens is 1. The number of aliphatic imine (C=N–C) groups is 1. The maximum absolute atomic E-state index is 13.5. The molecular formula is C25H33FN4O2. The lowest BCUT2D eigenvalue weighted by atomic mass is 9.74. The minimum absolute atomic E-state index is 0.0946. The summed E-state index contributed by atoms with van der Waals surface area (Å²) in [6.07, 6.45) is 2.82. The van der Waals surface area contributed by atoms with Crippen LogP contribution < -0.4 is 20.3 Å². The maximum atomic E-state index is 13.5. The van der Waals surface area contributed by atoms with Gasteiger partial charge >= 0.3 is 0 Å². The first kappa shape index (κ1) is 22.4. The molecule has 0 saturated carbocycles. The summed E-state index contributed by atoms with van der Waals surface area (Å²) in [7, 11) is 3.51. The SMILES string of the molecule is CN=C(NCC1(c2ccc(F)cc2)CCOCC1)NC1CCN(c2ccccc2OC)C1. The van der Waals surface area contributed by atoms with E-state index in [0.29, 0.717) is 19.3 Å². The molecular weight excluding hydrogens is 407 g/mol. The molecule has 172 valence electrons. The monoisotopic (exact) mass is 440 g/mol. The van der Waals surface area contributed by atoms with Gasteiger partial charge in [0.2, 0.25) is 0 Å². The number of nitrogens with one attached hydrogen (secondary N) is 2. The van der Waals surface area contributed by atoms with Gasteiger partial charge in [0.25, 0.3) is 0 Å². The lowest BCUT2D eigenvalue weighted by Crippen LogP contribution is -2.50. The summed E-state index contributed by atoms with van der Waals surface area (Å²) >= 11 is 0. The van der Waals surface area contributed by atoms with Gasteiger partial charge in [-0.3, -0.25) is 4.99 Å². The zero-order valence-corrected chi connectivity index (χ0v) is 18.9. The van der Waals surface area contributed by atoms with E-state index in [4.69, 9.17) is 9.47 Å². The van der Waals surface area contributed by atoms with Crippen molar-refractivity contribution in [2.45, 2.75) is 30.7 Å². The third-order valence-electron chi connectivity index (χ3n) is 6.68. The standard InChI is InChI=1S/C25H33FN4O2/c1-27-24(29-21-11-14-30(17-21)22-5-3-4-6-23(22)31-2)28-18-25(12-15-32-16-13-25)19-7-9-20(26)10-8-19/h3-10,21H,11-18H2,1-2H3,(H2,27,28,29). The molecule has 2 aliphatic rings. The Labute approximate surface area is 189 Å². The fraction of sp³-hybridized carbons (Fsp3) is 0.480. The number of para-hydroxylation sites is 2. The number of ether oxygens (including phenoxy) is 2. The molecule has 1 unspecified atom stereocenters. The lowest BCUT2D eigenvalue weighted by Gasteiger charge is -2.38. The second kappa shape index (κ2) is 10.2. The van der Waals surface area contributed by atoms with Crippen LogP contribution in [0, 0.1) is 5.82 Å². The van der Waals surface area contributed by atoms with Crippen LogP contribution in [0.15, 0.2) is 53.5 Å². The summed E-state index contributed by atoms with van der Waals surface area (Å²) in [5.74, 6) is 1.49. The van der Waals surface area contributed by atoms with Crippen LogP contribution in [0.4, 0.5) is 10.1 Å². The molecule has 4 rings (SSSR count). The number of anilines is 1. The quantitative estimate of drug-likeness (QED) is 0.533. The summed E-state index contributed by atoms with van der Waals surface area (Å²) < 4.78 is 24.6. The smallest absolute Gasteiger partial charge is 0.191 e. The Kier molecular flexibility index (Phi) is 7.15. The number of hydrogen-bond donors (Lipinski definition) is 2. The second-order valence-electron chi connectivity index (χ2n) is 8.57. The number of benzene rings is 2. The summed E-state index contributed by atoms with van der Waals surface area (Å²) in [4.78, 5) is 6.82. The molecule has 32 heavy (non-hydrogen) atoms. The first-order chi connectivity index (χ1) is 15.6. The van der Waals surface area contributed by atoms with Crippen LogP contribution in [0.1, 0.15) is 24.8 Å². The van der Waals surface area contributed by atoms with E-state index in [1.807, 2.05) is 30.3 Å². The highest BCUT2D eigenvalue weighted by atomic mass is 19.1. The van der Waals surface area contributed by atoms with Crippen molar-refractivity contribution in [3.05, 3.63) is 59.9 Å². The highest BCUT2D eigenvalue weighted by Crippen LogP contribution is 2.34. The van der Waals surface area contributed by atoms with Crippen LogP contribution in [0.2, 0.25) is 0 Å². The Hall–Kier alpha value is -2.80. The molecule has 0 radical (unpaired) electrons. The Morgan fingerprint density at radius 1 is 1.19 bits per heavy atom. The normalized spacial score (nSPS) is 20.8. The molecule has 2 aliphatic heterocycles. The van der Waals surface area contributed by atoms with E-state index in [0.717, 1.165) is 61.9 Å². The second-order valence-corrected chi connectivity index (χ2v) is 8.57. The zero-order chi connectivity index (χ0) is 22.4. The van der Waals surface area contributed by atoms with Crippen molar-refractivity contribution in [1.29, 1.82) is 0 Å². The molecule has 0 amide bonds. The number of guanidine groups is 1. The van der Waals surface area contributed by atoms with Crippen molar-refractivity contribution in [3.63, 3.8) is 0 Å². The molecule has 0 spiro atoms. The molecule has 2 N–H and O–H groups in total. The molecule has 1 atom stereocenters. The Morgan fingerprint density at radius 2 is 1.94 bits per heavy atom. The Morgan fingerprint density at radius 3 is 2.66 bits per heavy atom. The van der Waals surface area contributed by atoms with Gasteiger partial charge in [0.1, 0.15) is 11.6 Å². The first-order valence-electron chi connectivity index (χ1n) is 11.3. The van der Waals surface area contributed by atoms with Gasteiger partial charge in [0.15, 0.2) is 5.96 Å². The third-order valence-corrected chi connectivity index (χ3v) is 6.68. The molecule has 2 heterocycles. The van der Waals surface area contributed by atoms with E-state index in [2.05, 4.69) is 26.6 Å². The number of nitrogens with zero attached hydrogens (tertiary/aromatic N) is 2. The minimum atomic E-state index is -0.206. The molecule has 0 aromatic heterocycles. The van der Waals surface area contributed by atoms with Gasteiger partial charge in [0, 0.05) is 51.4 Å². The van der Waals surface area contributed by atoms with Crippen molar-refractivity contribution in [3.8, 4) is 5.75 Å². The van der Waals surface area contributed by atoms with Crippen LogP contribution in [0.25, 0.3) is 0 Å². The van der Waals surface area contributed by atoms with Gasteiger partial charge in [-0.05, 0) is 49.1 Å². The number of rotatable bonds is 6. The molecule has 0 bridgehead atoms. The van der Waals surface area contributed by atoms with E-state index in [1.165, 1.54) is 0 Å². The van der Waals surface area contributed by atoms with Crippen LogP contribution in [0.5, 0.6) is 5.75 Å². The summed E-state index contributed by atoms with van der Waals surface area (Å²) in [5.41, 5.74) is 2.18. The topological polar surface area (TPSA) is 58.1 Å². The molecule has 0 aliphatic carbocycles. The van der Waals surface area contributed by atoms with Crippen LogP contribution >= 0.6 is 0 Å². The highest BCUT2D eigenvalue weighted by molar-refractivity contribution is 5.80. The van der Waals surface area contributed by atoms with Crippen LogP contribution in [-0.4, -0.2) is 59.0 Å². The molecule has 2 saturated heterocycles. The van der Waals surface area contributed by atoms with Crippen molar-refractivity contribution < 1.29 is 13.9 Å². The number of hydrogen-bond acceptors (Lipinski definition) is 4.